The molecule has 7 heteroatoms. The second kappa shape index (κ2) is 7.47. The van der Waals surface area contributed by atoms with Crippen LogP contribution in [0.25, 0.3) is 0 Å². The molecule has 2 aliphatic heterocycles. The van der Waals surface area contributed by atoms with Gasteiger partial charge in [-0.25, -0.2) is 8.42 Å². The minimum absolute atomic E-state index is 0.223. The van der Waals surface area contributed by atoms with Crippen LogP contribution in [0.1, 0.15) is 31.9 Å². The molecule has 24 heavy (non-hydrogen) atoms. The fourth-order valence-corrected chi connectivity index (χ4v) is 5.29. The van der Waals surface area contributed by atoms with Gasteiger partial charge in [-0.05, 0) is 37.9 Å². The van der Waals surface area contributed by atoms with E-state index in [2.05, 4.69) is 9.88 Å². The molecule has 6 nitrogen and oxygen atoms in total. The summed E-state index contributed by atoms with van der Waals surface area (Å²) in [6.07, 6.45) is 4.40. The van der Waals surface area contributed by atoms with Gasteiger partial charge in [-0.1, -0.05) is 13.0 Å². The molecule has 0 saturated carbocycles. The number of rotatable bonds is 5. The third-order valence-electron chi connectivity index (χ3n) is 4.80. The first-order valence-corrected chi connectivity index (χ1v) is 10.4. The number of hydrogen-bond acceptors (Lipinski definition) is 5. The van der Waals surface area contributed by atoms with Crippen LogP contribution in [0.2, 0.25) is 0 Å². The largest absolute Gasteiger partial charge is 0.371 e. The zero-order valence-corrected chi connectivity index (χ0v) is 15.2. The number of hydrogen-bond donors (Lipinski definition) is 0. The van der Waals surface area contributed by atoms with Gasteiger partial charge in [0.2, 0.25) is 10.0 Å². The van der Waals surface area contributed by atoms with Crippen molar-refractivity contribution in [1.29, 1.82) is 0 Å². The van der Waals surface area contributed by atoms with Crippen LogP contribution in [0.15, 0.2) is 24.4 Å². The maximum atomic E-state index is 12.4. The molecule has 1 aromatic heterocycles. The second-order valence-corrected chi connectivity index (χ2v) is 8.90. The monoisotopic (exact) mass is 353 g/mol. The summed E-state index contributed by atoms with van der Waals surface area (Å²) >= 11 is 0. The van der Waals surface area contributed by atoms with Crippen molar-refractivity contribution in [3.8, 4) is 0 Å². The van der Waals surface area contributed by atoms with Gasteiger partial charge in [0.1, 0.15) is 0 Å². The summed E-state index contributed by atoms with van der Waals surface area (Å²) in [6.45, 7) is 5.90. The molecule has 0 radical (unpaired) electrons. The van der Waals surface area contributed by atoms with Gasteiger partial charge < -0.3 is 4.74 Å². The van der Waals surface area contributed by atoms with Crippen LogP contribution in [0.5, 0.6) is 0 Å². The van der Waals surface area contributed by atoms with Gasteiger partial charge in [0, 0.05) is 32.4 Å². The van der Waals surface area contributed by atoms with Crippen molar-refractivity contribution in [2.45, 2.75) is 38.3 Å². The third-order valence-corrected chi connectivity index (χ3v) is 6.82. The summed E-state index contributed by atoms with van der Waals surface area (Å²) in [7, 11) is -3.16. The number of aromatic nitrogens is 1. The lowest BCUT2D eigenvalue weighted by molar-refractivity contribution is -0.125. The highest BCUT2D eigenvalue weighted by atomic mass is 32.2. The normalized spacial score (nSPS) is 26.7. The van der Waals surface area contributed by atoms with Crippen molar-refractivity contribution in [3.05, 3.63) is 30.1 Å². The summed E-state index contributed by atoms with van der Waals surface area (Å²) in [5, 5.41) is 0. The number of morpholine rings is 1. The average molecular weight is 353 g/mol. The molecule has 0 amide bonds. The molecule has 0 aliphatic carbocycles. The molecule has 0 N–H and O–H groups in total. The Kier molecular flexibility index (Phi) is 5.54. The Morgan fingerprint density at radius 3 is 2.92 bits per heavy atom. The summed E-state index contributed by atoms with van der Waals surface area (Å²) in [4.78, 5) is 6.73. The van der Waals surface area contributed by atoms with E-state index in [-0.39, 0.29) is 11.4 Å². The SMILES string of the molecule is CCCS(=O)(=O)N1CCO[C@@]2(CCCN(Cc3ccccn3)C2)C1. The molecule has 2 saturated heterocycles. The van der Waals surface area contributed by atoms with E-state index in [0.717, 1.165) is 38.2 Å². The Bertz CT molecular complexity index is 634. The van der Waals surface area contributed by atoms with E-state index in [4.69, 9.17) is 4.74 Å². The van der Waals surface area contributed by atoms with Gasteiger partial charge in [0.05, 0.1) is 23.7 Å². The third kappa shape index (κ3) is 4.14. The van der Waals surface area contributed by atoms with Gasteiger partial charge in [-0.15, -0.1) is 0 Å². The first kappa shape index (κ1) is 17.8. The van der Waals surface area contributed by atoms with E-state index in [0.29, 0.717) is 26.1 Å². The molecule has 1 atom stereocenters. The summed E-state index contributed by atoms with van der Waals surface area (Å²) in [5.41, 5.74) is 0.673. The van der Waals surface area contributed by atoms with Crippen molar-refractivity contribution >= 4 is 10.0 Å². The molecule has 3 rings (SSSR count). The molecule has 0 aromatic carbocycles. The van der Waals surface area contributed by atoms with Crippen molar-refractivity contribution in [2.75, 3.05) is 38.5 Å². The van der Waals surface area contributed by atoms with E-state index in [1.54, 1.807) is 4.31 Å². The Morgan fingerprint density at radius 2 is 2.17 bits per heavy atom. The Balaban J connectivity index is 1.68. The van der Waals surface area contributed by atoms with E-state index in [9.17, 15) is 8.42 Å². The highest BCUT2D eigenvalue weighted by Crippen LogP contribution is 2.30. The predicted octanol–water partition coefficient (Wildman–Crippen LogP) is 1.49. The van der Waals surface area contributed by atoms with Crippen molar-refractivity contribution in [1.82, 2.24) is 14.2 Å². The zero-order valence-electron chi connectivity index (χ0n) is 14.4. The number of ether oxygens (including phenoxy) is 1. The molecule has 2 aliphatic rings. The minimum atomic E-state index is -3.16. The molecular weight excluding hydrogens is 326 g/mol. The number of nitrogens with zero attached hydrogens (tertiary/aromatic N) is 3. The summed E-state index contributed by atoms with van der Waals surface area (Å²) < 4.78 is 32.6. The standard InChI is InChI=1S/C17H27N3O3S/c1-2-12-24(21,22)20-10-11-23-17(15-20)7-5-9-19(14-17)13-16-6-3-4-8-18-16/h3-4,6,8H,2,5,7,9-15H2,1H3/t17-/m1/s1. The fraction of sp³-hybridized carbons (Fsp3) is 0.706. The highest BCUT2D eigenvalue weighted by Gasteiger charge is 2.43. The molecule has 1 spiro atoms. The van der Waals surface area contributed by atoms with Gasteiger partial charge >= 0.3 is 0 Å². The average Bonchev–Trinajstić information content (AvgIpc) is 2.56. The summed E-state index contributed by atoms with van der Waals surface area (Å²) in [5.74, 6) is 0.223. The highest BCUT2D eigenvalue weighted by molar-refractivity contribution is 7.89. The molecule has 2 fully saturated rings. The lowest BCUT2D eigenvalue weighted by Gasteiger charge is -2.47. The van der Waals surface area contributed by atoms with Crippen molar-refractivity contribution < 1.29 is 13.2 Å². The van der Waals surface area contributed by atoms with Crippen LogP contribution in [0.3, 0.4) is 0 Å². The smallest absolute Gasteiger partial charge is 0.214 e. The topological polar surface area (TPSA) is 62.7 Å². The number of pyridine rings is 1. The summed E-state index contributed by atoms with van der Waals surface area (Å²) in [6, 6.07) is 5.95. The number of piperidine rings is 1. The zero-order chi connectivity index (χ0) is 17.0. The number of sulfonamides is 1. The lowest BCUT2D eigenvalue weighted by Crippen LogP contribution is -2.60. The van der Waals surface area contributed by atoms with Crippen molar-refractivity contribution in [3.63, 3.8) is 0 Å². The Hall–Kier alpha value is -1.02. The van der Waals surface area contributed by atoms with Crippen LogP contribution in [0.4, 0.5) is 0 Å². The van der Waals surface area contributed by atoms with Gasteiger partial charge in [-0.2, -0.15) is 4.31 Å². The first-order valence-electron chi connectivity index (χ1n) is 8.77. The van der Waals surface area contributed by atoms with Gasteiger partial charge in [-0.3, -0.25) is 9.88 Å². The quantitative estimate of drug-likeness (QED) is 0.802. The molecule has 134 valence electrons. The predicted molar refractivity (Wildman–Crippen MR) is 93.1 cm³/mol. The molecule has 0 unspecified atom stereocenters. The van der Waals surface area contributed by atoms with Crippen LogP contribution in [0, 0.1) is 0 Å². The number of likely N-dealkylation sites (tertiary alicyclic amines) is 1. The molecule has 1 aromatic rings. The second-order valence-electron chi connectivity index (χ2n) is 6.82. The van der Waals surface area contributed by atoms with Crippen molar-refractivity contribution in [2.24, 2.45) is 0 Å². The van der Waals surface area contributed by atoms with E-state index in [1.807, 2.05) is 31.3 Å². The molecule has 0 bridgehead atoms. The van der Waals surface area contributed by atoms with Crippen LogP contribution >= 0.6 is 0 Å². The molecular formula is C17H27N3O3S. The van der Waals surface area contributed by atoms with Gasteiger partial charge in [0.15, 0.2) is 0 Å². The lowest BCUT2D eigenvalue weighted by atomic mass is 9.91. The first-order chi connectivity index (χ1) is 11.5. The Morgan fingerprint density at radius 1 is 1.29 bits per heavy atom. The van der Waals surface area contributed by atoms with E-state index < -0.39 is 10.0 Å². The van der Waals surface area contributed by atoms with Crippen LogP contribution in [-0.4, -0.2) is 66.7 Å². The van der Waals surface area contributed by atoms with Crippen LogP contribution < -0.4 is 0 Å². The van der Waals surface area contributed by atoms with E-state index >= 15 is 0 Å². The molecule has 3 heterocycles. The van der Waals surface area contributed by atoms with Crippen LogP contribution in [-0.2, 0) is 21.3 Å². The maximum absolute atomic E-state index is 12.4. The van der Waals surface area contributed by atoms with E-state index in [1.165, 1.54) is 0 Å². The maximum Gasteiger partial charge on any atom is 0.214 e. The minimum Gasteiger partial charge on any atom is -0.371 e. The Labute approximate surface area is 144 Å². The fourth-order valence-electron chi connectivity index (χ4n) is 3.73. The van der Waals surface area contributed by atoms with Gasteiger partial charge in [0.25, 0.3) is 0 Å².